The Bertz CT molecular complexity index is 949. The molecule has 7 nitrogen and oxygen atoms in total. The molecule has 3 aromatic rings. The fraction of sp³-hybridized carbons (Fsp3) is 0.294. The van der Waals surface area contributed by atoms with Gasteiger partial charge < -0.3 is 14.6 Å². The zero-order valence-corrected chi connectivity index (χ0v) is 18.2. The number of aromatic nitrogens is 4. The third-order valence-electron chi connectivity index (χ3n) is 3.63. The van der Waals surface area contributed by atoms with Crippen molar-refractivity contribution in [1.82, 2.24) is 19.7 Å². The van der Waals surface area contributed by atoms with Crippen molar-refractivity contribution in [1.29, 1.82) is 0 Å². The van der Waals surface area contributed by atoms with Gasteiger partial charge in [-0.2, -0.15) is 0 Å². The number of carbonyl (C=O) groups is 1. The van der Waals surface area contributed by atoms with E-state index in [4.69, 9.17) is 27.9 Å². The number of thioether (sulfide) groups is 1. The molecule has 148 valence electrons. The van der Waals surface area contributed by atoms with E-state index in [1.807, 2.05) is 18.4 Å². The lowest BCUT2D eigenvalue weighted by Gasteiger charge is -2.16. The summed E-state index contributed by atoms with van der Waals surface area (Å²) in [6.07, 6.45) is 1.24. The monoisotopic (exact) mass is 457 g/mol. The molecule has 0 saturated carbocycles. The maximum absolute atomic E-state index is 12.1. The van der Waals surface area contributed by atoms with Gasteiger partial charge in [0.2, 0.25) is 5.91 Å². The van der Waals surface area contributed by atoms with Crippen molar-refractivity contribution in [3.63, 3.8) is 0 Å². The van der Waals surface area contributed by atoms with Crippen LogP contribution in [0.15, 0.2) is 34.9 Å². The summed E-state index contributed by atoms with van der Waals surface area (Å²) in [4.78, 5) is 16.1. The van der Waals surface area contributed by atoms with E-state index < -0.39 is 6.10 Å². The summed E-state index contributed by atoms with van der Waals surface area (Å²) in [7, 11) is 0. The van der Waals surface area contributed by atoms with Crippen LogP contribution in [0.5, 0.6) is 5.75 Å². The molecule has 0 aliphatic rings. The highest BCUT2D eigenvalue weighted by Crippen LogP contribution is 2.32. The van der Waals surface area contributed by atoms with E-state index in [9.17, 15) is 4.79 Å². The highest BCUT2D eigenvalue weighted by atomic mass is 35.5. The van der Waals surface area contributed by atoms with E-state index in [1.54, 1.807) is 29.8 Å². The first-order chi connectivity index (χ1) is 13.5. The molecule has 0 aliphatic carbocycles. The number of hydrogen-bond donors (Lipinski definition) is 1. The fourth-order valence-electron chi connectivity index (χ4n) is 2.39. The van der Waals surface area contributed by atoms with Crippen LogP contribution in [0.1, 0.15) is 25.8 Å². The molecule has 0 radical (unpaired) electrons. The van der Waals surface area contributed by atoms with Crippen LogP contribution in [0.4, 0.5) is 5.13 Å². The van der Waals surface area contributed by atoms with Gasteiger partial charge in [-0.3, -0.25) is 4.79 Å². The zero-order valence-electron chi connectivity index (χ0n) is 15.1. The van der Waals surface area contributed by atoms with E-state index in [0.29, 0.717) is 38.5 Å². The Balaban J connectivity index is 1.67. The van der Waals surface area contributed by atoms with Crippen molar-refractivity contribution in [2.75, 3.05) is 11.1 Å². The standard InChI is InChI=1S/C17H17Cl2N5O2S2/c1-3-24-15(10(2)26-13-8-11(18)4-5-12(13)19)22-23-17(24)28-9-14(25)21-16-20-6-7-27-16/h4-8,10H,3,9H2,1-2H3,(H,20,21,25). The number of amides is 1. The summed E-state index contributed by atoms with van der Waals surface area (Å²) in [5.41, 5.74) is 0. The first-order valence-corrected chi connectivity index (χ1v) is 11.0. The second-order valence-corrected chi connectivity index (χ2v) is 8.27. The van der Waals surface area contributed by atoms with Gasteiger partial charge in [0.25, 0.3) is 0 Å². The quantitative estimate of drug-likeness (QED) is 0.482. The second-order valence-electron chi connectivity index (χ2n) is 5.59. The SMILES string of the molecule is CCn1c(SCC(=O)Nc2nccs2)nnc1C(C)Oc1cc(Cl)ccc1Cl. The number of thiazole rings is 1. The number of halogens is 2. The second kappa shape index (κ2) is 9.60. The summed E-state index contributed by atoms with van der Waals surface area (Å²) in [6.45, 7) is 4.47. The average Bonchev–Trinajstić information content (AvgIpc) is 3.32. The number of benzene rings is 1. The molecule has 3 rings (SSSR count). The number of hydrogen-bond acceptors (Lipinski definition) is 7. The minimum absolute atomic E-state index is 0.151. The van der Waals surface area contributed by atoms with E-state index in [2.05, 4.69) is 20.5 Å². The van der Waals surface area contributed by atoms with Crippen molar-refractivity contribution in [3.05, 3.63) is 45.6 Å². The molecular formula is C17H17Cl2N5O2S2. The summed E-state index contributed by atoms with van der Waals surface area (Å²) >= 11 is 14.9. The Kier molecular flexibility index (Phi) is 7.17. The van der Waals surface area contributed by atoms with Crippen LogP contribution in [-0.2, 0) is 11.3 Å². The Morgan fingerprint density at radius 3 is 2.93 bits per heavy atom. The van der Waals surface area contributed by atoms with Gasteiger partial charge in [-0.1, -0.05) is 35.0 Å². The third-order valence-corrected chi connectivity index (χ3v) is 5.84. The summed E-state index contributed by atoms with van der Waals surface area (Å²) in [6, 6.07) is 5.03. The summed E-state index contributed by atoms with van der Waals surface area (Å²) in [5.74, 6) is 1.17. The molecule has 1 aromatic carbocycles. The topological polar surface area (TPSA) is 81.9 Å². The van der Waals surface area contributed by atoms with Gasteiger partial charge in [0, 0.05) is 29.2 Å². The molecule has 2 heterocycles. The molecule has 1 atom stereocenters. The van der Waals surface area contributed by atoms with Crippen molar-refractivity contribution in [2.45, 2.75) is 31.7 Å². The molecule has 0 aliphatic heterocycles. The number of nitrogens with one attached hydrogen (secondary N) is 1. The van der Waals surface area contributed by atoms with Crippen LogP contribution in [0.2, 0.25) is 10.0 Å². The van der Waals surface area contributed by atoms with Crippen molar-refractivity contribution in [3.8, 4) is 5.75 Å². The predicted octanol–water partition coefficient (Wildman–Crippen LogP) is 4.93. The highest BCUT2D eigenvalue weighted by molar-refractivity contribution is 7.99. The van der Waals surface area contributed by atoms with Crippen LogP contribution < -0.4 is 10.1 Å². The maximum atomic E-state index is 12.1. The molecule has 1 N–H and O–H groups in total. The van der Waals surface area contributed by atoms with Gasteiger partial charge in [0.15, 0.2) is 22.2 Å². The average molecular weight is 458 g/mol. The van der Waals surface area contributed by atoms with E-state index in [0.717, 1.165) is 0 Å². The molecule has 0 fully saturated rings. The van der Waals surface area contributed by atoms with E-state index >= 15 is 0 Å². The van der Waals surface area contributed by atoms with Crippen molar-refractivity contribution < 1.29 is 9.53 Å². The highest BCUT2D eigenvalue weighted by Gasteiger charge is 2.20. The normalized spacial score (nSPS) is 12.0. The number of carbonyl (C=O) groups excluding carboxylic acids is 1. The van der Waals surface area contributed by atoms with Crippen LogP contribution >= 0.6 is 46.3 Å². The number of anilines is 1. The van der Waals surface area contributed by atoms with Crippen LogP contribution in [0, 0.1) is 0 Å². The minimum Gasteiger partial charge on any atom is -0.481 e. The molecule has 1 amide bonds. The number of nitrogens with zero attached hydrogens (tertiary/aromatic N) is 4. The lowest BCUT2D eigenvalue weighted by molar-refractivity contribution is -0.113. The predicted molar refractivity (Wildman–Crippen MR) is 113 cm³/mol. The smallest absolute Gasteiger partial charge is 0.236 e. The molecule has 1 unspecified atom stereocenters. The first kappa shape index (κ1) is 20.9. The van der Waals surface area contributed by atoms with Gasteiger partial charge >= 0.3 is 0 Å². The van der Waals surface area contributed by atoms with Gasteiger partial charge in [-0.05, 0) is 26.0 Å². The van der Waals surface area contributed by atoms with Gasteiger partial charge in [-0.15, -0.1) is 21.5 Å². The van der Waals surface area contributed by atoms with Gasteiger partial charge in [0.05, 0.1) is 10.8 Å². The van der Waals surface area contributed by atoms with E-state index in [-0.39, 0.29) is 11.7 Å². The Labute approximate surface area is 180 Å². The largest absolute Gasteiger partial charge is 0.481 e. The van der Waals surface area contributed by atoms with Crippen LogP contribution in [-0.4, -0.2) is 31.4 Å². The Morgan fingerprint density at radius 1 is 1.39 bits per heavy atom. The third kappa shape index (κ3) is 5.16. The van der Waals surface area contributed by atoms with Crippen LogP contribution in [0.25, 0.3) is 0 Å². The Hall–Kier alpha value is -1.81. The van der Waals surface area contributed by atoms with Gasteiger partial charge in [-0.25, -0.2) is 4.98 Å². The molecule has 0 spiro atoms. The summed E-state index contributed by atoms with van der Waals surface area (Å²) in [5, 5.41) is 15.2. The van der Waals surface area contributed by atoms with Crippen LogP contribution in [0.3, 0.4) is 0 Å². The molecule has 28 heavy (non-hydrogen) atoms. The zero-order chi connectivity index (χ0) is 20.1. The van der Waals surface area contributed by atoms with Crippen molar-refractivity contribution >= 4 is 57.3 Å². The molecule has 0 bridgehead atoms. The van der Waals surface area contributed by atoms with Gasteiger partial charge in [0.1, 0.15) is 5.75 Å². The first-order valence-electron chi connectivity index (χ1n) is 8.35. The lowest BCUT2D eigenvalue weighted by atomic mass is 10.3. The fourth-order valence-corrected chi connectivity index (χ4v) is 4.06. The van der Waals surface area contributed by atoms with Crippen molar-refractivity contribution in [2.24, 2.45) is 0 Å². The molecule has 2 aromatic heterocycles. The lowest BCUT2D eigenvalue weighted by Crippen LogP contribution is -2.15. The number of ether oxygens (including phenoxy) is 1. The maximum Gasteiger partial charge on any atom is 0.236 e. The minimum atomic E-state index is -0.401. The number of rotatable bonds is 8. The Morgan fingerprint density at radius 2 is 2.21 bits per heavy atom. The molecule has 11 heteroatoms. The summed E-state index contributed by atoms with van der Waals surface area (Å²) < 4.78 is 7.84. The van der Waals surface area contributed by atoms with E-state index in [1.165, 1.54) is 23.1 Å². The molecule has 0 saturated heterocycles. The molecular weight excluding hydrogens is 441 g/mol.